The minimum absolute atomic E-state index is 0.107. The Kier molecular flexibility index (Phi) is 5.28. The molecule has 0 radical (unpaired) electrons. The summed E-state index contributed by atoms with van der Waals surface area (Å²) in [6.07, 6.45) is 6.06. The molecule has 160 valence electrons. The fourth-order valence-corrected chi connectivity index (χ4v) is 6.63. The molecule has 3 aromatic heterocycles. The van der Waals surface area contributed by atoms with Crippen molar-refractivity contribution in [1.82, 2.24) is 9.55 Å². The maximum Gasteiger partial charge on any atom is 0.272 e. The number of anilines is 2. The van der Waals surface area contributed by atoms with Crippen LogP contribution in [0.25, 0.3) is 10.2 Å². The first kappa shape index (κ1) is 20.2. The third kappa shape index (κ3) is 3.98. The van der Waals surface area contributed by atoms with E-state index in [1.165, 1.54) is 42.5 Å². The SMILES string of the molecule is O=C(Nc1ccc(S(=O)(=O)Nc2nccs2)cc1)c1cc2sccc2n1C1CCCC1. The van der Waals surface area contributed by atoms with Gasteiger partial charge in [-0.1, -0.05) is 12.8 Å². The maximum atomic E-state index is 13.1. The predicted octanol–water partition coefficient (Wildman–Crippen LogP) is 5.33. The van der Waals surface area contributed by atoms with Crippen LogP contribution in [0.5, 0.6) is 0 Å². The second-order valence-corrected chi connectivity index (χ2v) is 11.0. The summed E-state index contributed by atoms with van der Waals surface area (Å²) in [7, 11) is -3.73. The highest BCUT2D eigenvalue weighted by Gasteiger charge is 2.25. The Hall–Kier alpha value is -2.69. The van der Waals surface area contributed by atoms with Gasteiger partial charge in [-0.2, -0.15) is 0 Å². The van der Waals surface area contributed by atoms with Crippen LogP contribution in [0, 0.1) is 0 Å². The van der Waals surface area contributed by atoms with Gasteiger partial charge in [-0.3, -0.25) is 9.52 Å². The molecule has 0 saturated heterocycles. The number of rotatable bonds is 6. The Bertz CT molecular complexity index is 1320. The number of amides is 1. The van der Waals surface area contributed by atoms with E-state index in [1.807, 2.05) is 6.07 Å². The van der Waals surface area contributed by atoms with Crippen LogP contribution in [-0.4, -0.2) is 23.9 Å². The zero-order valence-electron chi connectivity index (χ0n) is 16.4. The standard InChI is InChI=1S/C21H20N4O3S3/c26-20(18-13-19-17(9-11-29-19)25(18)15-3-1-2-4-15)23-14-5-7-16(8-6-14)31(27,28)24-21-22-10-12-30-21/h5-13,15H,1-4H2,(H,22,24)(H,23,26). The van der Waals surface area contributed by atoms with Gasteiger partial charge in [0.15, 0.2) is 5.13 Å². The molecule has 1 amide bonds. The molecule has 0 atom stereocenters. The number of carbonyl (C=O) groups excluding carboxylic acids is 1. The van der Waals surface area contributed by atoms with E-state index in [1.54, 1.807) is 28.8 Å². The Morgan fingerprint density at radius 2 is 1.84 bits per heavy atom. The zero-order valence-corrected chi connectivity index (χ0v) is 18.9. The Labute approximate surface area is 187 Å². The number of hydrogen-bond acceptors (Lipinski definition) is 6. The summed E-state index contributed by atoms with van der Waals surface area (Å²) in [4.78, 5) is 17.1. The highest BCUT2D eigenvalue weighted by Crippen LogP contribution is 2.36. The quantitative estimate of drug-likeness (QED) is 0.397. The number of nitrogens with one attached hydrogen (secondary N) is 2. The van der Waals surface area contributed by atoms with Gasteiger partial charge in [0, 0.05) is 23.3 Å². The van der Waals surface area contributed by atoms with Crippen molar-refractivity contribution >= 4 is 59.6 Å². The van der Waals surface area contributed by atoms with E-state index in [9.17, 15) is 13.2 Å². The van der Waals surface area contributed by atoms with Crippen LogP contribution in [-0.2, 0) is 10.0 Å². The number of thiophene rings is 1. The summed E-state index contributed by atoms with van der Waals surface area (Å²) in [5, 5.41) is 6.98. The largest absolute Gasteiger partial charge is 0.333 e. The van der Waals surface area contributed by atoms with Gasteiger partial charge < -0.3 is 9.88 Å². The molecule has 3 heterocycles. The molecule has 0 unspecified atom stereocenters. The lowest BCUT2D eigenvalue weighted by atomic mass is 10.2. The van der Waals surface area contributed by atoms with Gasteiger partial charge >= 0.3 is 0 Å². The van der Waals surface area contributed by atoms with Gasteiger partial charge in [0.1, 0.15) is 5.69 Å². The van der Waals surface area contributed by atoms with Gasteiger partial charge in [-0.25, -0.2) is 13.4 Å². The fourth-order valence-electron chi connectivity index (χ4n) is 4.04. The van der Waals surface area contributed by atoms with Crippen molar-refractivity contribution in [3.8, 4) is 0 Å². The second kappa shape index (κ2) is 8.10. The van der Waals surface area contributed by atoms with Gasteiger partial charge in [0.25, 0.3) is 15.9 Å². The van der Waals surface area contributed by atoms with E-state index in [0.29, 0.717) is 22.6 Å². The molecule has 1 fully saturated rings. The van der Waals surface area contributed by atoms with Crippen molar-refractivity contribution in [3.63, 3.8) is 0 Å². The third-order valence-electron chi connectivity index (χ3n) is 5.46. The number of hydrogen-bond donors (Lipinski definition) is 2. The zero-order chi connectivity index (χ0) is 21.4. The first-order chi connectivity index (χ1) is 15.0. The number of sulfonamides is 1. The highest BCUT2D eigenvalue weighted by molar-refractivity contribution is 7.93. The normalized spacial score (nSPS) is 14.8. The van der Waals surface area contributed by atoms with Crippen LogP contribution in [0.3, 0.4) is 0 Å². The number of thiazole rings is 1. The van der Waals surface area contributed by atoms with Crippen molar-refractivity contribution < 1.29 is 13.2 Å². The lowest BCUT2D eigenvalue weighted by molar-refractivity contribution is 0.101. The fraction of sp³-hybridized carbons (Fsp3) is 0.238. The number of carbonyl (C=O) groups is 1. The second-order valence-electron chi connectivity index (χ2n) is 7.43. The first-order valence-corrected chi connectivity index (χ1v) is 13.2. The van der Waals surface area contributed by atoms with Crippen molar-refractivity contribution in [3.05, 3.63) is 59.0 Å². The van der Waals surface area contributed by atoms with Crippen LogP contribution < -0.4 is 10.0 Å². The van der Waals surface area contributed by atoms with E-state index in [4.69, 9.17) is 0 Å². The number of nitrogens with zero attached hydrogens (tertiary/aromatic N) is 2. The Balaban J connectivity index is 1.36. The van der Waals surface area contributed by atoms with Crippen LogP contribution >= 0.6 is 22.7 Å². The topological polar surface area (TPSA) is 93.1 Å². The van der Waals surface area contributed by atoms with Crippen molar-refractivity contribution in [1.29, 1.82) is 0 Å². The van der Waals surface area contributed by atoms with E-state index in [0.717, 1.165) is 23.1 Å². The molecule has 7 nitrogen and oxygen atoms in total. The maximum absolute atomic E-state index is 13.1. The molecular formula is C21H20N4O3S3. The monoisotopic (exact) mass is 472 g/mol. The van der Waals surface area contributed by atoms with Crippen LogP contribution in [0.1, 0.15) is 42.2 Å². The summed E-state index contributed by atoms with van der Waals surface area (Å²) in [6.45, 7) is 0. The summed E-state index contributed by atoms with van der Waals surface area (Å²) in [6, 6.07) is 10.5. The van der Waals surface area contributed by atoms with E-state index < -0.39 is 10.0 Å². The lowest BCUT2D eigenvalue weighted by Gasteiger charge is -2.17. The number of aromatic nitrogens is 2. The minimum atomic E-state index is -3.73. The molecule has 10 heteroatoms. The Morgan fingerprint density at radius 3 is 2.55 bits per heavy atom. The van der Waals surface area contributed by atoms with Crippen molar-refractivity contribution in [2.24, 2.45) is 0 Å². The van der Waals surface area contributed by atoms with Gasteiger partial charge in [-0.15, -0.1) is 22.7 Å². The minimum Gasteiger partial charge on any atom is -0.333 e. The van der Waals surface area contributed by atoms with Crippen LogP contribution in [0.15, 0.2) is 58.3 Å². The molecule has 0 aliphatic heterocycles. The molecule has 0 bridgehead atoms. The average molecular weight is 473 g/mol. The molecule has 1 aromatic carbocycles. The van der Waals surface area contributed by atoms with E-state index in [2.05, 4.69) is 31.0 Å². The molecule has 2 N–H and O–H groups in total. The summed E-state index contributed by atoms with van der Waals surface area (Å²) >= 11 is 2.84. The number of fused-ring (bicyclic) bond motifs is 1. The van der Waals surface area contributed by atoms with Crippen molar-refractivity contribution in [2.45, 2.75) is 36.6 Å². The molecule has 31 heavy (non-hydrogen) atoms. The smallest absolute Gasteiger partial charge is 0.272 e. The highest BCUT2D eigenvalue weighted by atomic mass is 32.2. The van der Waals surface area contributed by atoms with Crippen molar-refractivity contribution in [2.75, 3.05) is 10.0 Å². The molecule has 4 aromatic rings. The molecule has 1 aliphatic carbocycles. The van der Waals surface area contributed by atoms with Crippen LogP contribution in [0.2, 0.25) is 0 Å². The lowest BCUT2D eigenvalue weighted by Crippen LogP contribution is -2.19. The van der Waals surface area contributed by atoms with E-state index in [-0.39, 0.29) is 10.8 Å². The van der Waals surface area contributed by atoms with E-state index >= 15 is 0 Å². The molecule has 5 rings (SSSR count). The Morgan fingerprint density at radius 1 is 1.06 bits per heavy atom. The molecule has 0 spiro atoms. The average Bonchev–Trinajstić information content (AvgIpc) is 3.52. The molecular weight excluding hydrogens is 452 g/mol. The number of benzene rings is 1. The van der Waals surface area contributed by atoms with Crippen LogP contribution in [0.4, 0.5) is 10.8 Å². The summed E-state index contributed by atoms with van der Waals surface area (Å²) in [5.41, 5.74) is 2.30. The van der Waals surface area contributed by atoms with Gasteiger partial charge in [-0.05, 0) is 54.6 Å². The predicted molar refractivity (Wildman–Crippen MR) is 125 cm³/mol. The summed E-state index contributed by atoms with van der Waals surface area (Å²) in [5.74, 6) is -0.188. The third-order valence-corrected chi connectivity index (χ3v) is 8.48. The van der Waals surface area contributed by atoms with Gasteiger partial charge in [0.2, 0.25) is 0 Å². The summed E-state index contributed by atoms with van der Waals surface area (Å²) < 4.78 is 30.7. The first-order valence-electron chi connectivity index (χ1n) is 9.93. The molecule has 1 saturated carbocycles. The van der Waals surface area contributed by atoms with Gasteiger partial charge in [0.05, 0.1) is 15.1 Å². The molecule has 1 aliphatic rings.